The van der Waals surface area contributed by atoms with Crippen molar-refractivity contribution in [1.29, 1.82) is 0 Å². The molecule has 2 heterocycles. The molecule has 2 unspecified atom stereocenters. The van der Waals surface area contributed by atoms with E-state index in [1.54, 1.807) is 0 Å². The molecule has 1 saturated heterocycles. The van der Waals surface area contributed by atoms with Gasteiger partial charge >= 0.3 is 0 Å². The van der Waals surface area contributed by atoms with Crippen molar-refractivity contribution in [3.8, 4) is 5.75 Å². The fourth-order valence-corrected chi connectivity index (χ4v) is 4.40. The van der Waals surface area contributed by atoms with Crippen LogP contribution in [0.4, 0.5) is 0 Å². The number of benzene rings is 1. The topological polar surface area (TPSA) is 44.5 Å². The molecule has 0 aromatic heterocycles. The normalized spacial score (nSPS) is 29.4. The zero-order valence-electron chi connectivity index (χ0n) is 11.3. The van der Waals surface area contributed by atoms with E-state index >= 15 is 0 Å². The predicted octanol–water partition coefficient (Wildman–Crippen LogP) is 2.61. The number of hydrogen-bond acceptors (Lipinski definition) is 4. The van der Waals surface area contributed by atoms with E-state index in [4.69, 9.17) is 15.2 Å². The lowest BCUT2D eigenvalue weighted by atomic mass is 9.77. The van der Waals surface area contributed by atoms with Gasteiger partial charge in [-0.2, -0.15) is 11.8 Å². The summed E-state index contributed by atoms with van der Waals surface area (Å²) in [7, 11) is 0. The van der Waals surface area contributed by atoms with Gasteiger partial charge in [0.1, 0.15) is 5.75 Å². The molecule has 104 valence electrons. The van der Waals surface area contributed by atoms with Gasteiger partial charge in [-0.15, -0.1) is 0 Å². The molecule has 1 aromatic rings. The number of ether oxygens (including phenoxy) is 2. The fourth-order valence-electron chi connectivity index (χ4n) is 3.31. The van der Waals surface area contributed by atoms with Gasteiger partial charge in [-0.05, 0) is 25.2 Å². The van der Waals surface area contributed by atoms with Crippen molar-refractivity contribution in [2.45, 2.75) is 23.6 Å². The molecule has 2 atom stereocenters. The Balaban J connectivity index is 1.90. The van der Waals surface area contributed by atoms with Crippen LogP contribution in [-0.2, 0) is 4.74 Å². The average Bonchev–Trinajstić information content (AvgIpc) is 2.48. The highest BCUT2D eigenvalue weighted by atomic mass is 32.2. The highest BCUT2D eigenvalue weighted by Gasteiger charge is 2.45. The Kier molecular flexibility index (Phi) is 3.74. The van der Waals surface area contributed by atoms with Gasteiger partial charge in [0.15, 0.2) is 0 Å². The minimum absolute atomic E-state index is 0.0653. The lowest BCUT2D eigenvalue weighted by Gasteiger charge is -2.46. The van der Waals surface area contributed by atoms with E-state index in [0.717, 1.165) is 44.0 Å². The van der Waals surface area contributed by atoms with Crippen LogP contribution in [0.2, 0.25) is 0 Å². The molecule has 0 spiro atoms. The van der Waals surface area contributed by atoms with Gasteiger partial charge in [-0.1, -0.05) is 18.2 Å². The van der Waals surface area contributed by atoms with E-state index in [9.17, 15) is 0 Å². The van der Waals surface area contributed by atoms with Gasteiger partial charge in [0.2, 0.25) is 0 Å². The maximum Gasteiger partial charge on any atom is 0.124 e. The van der Waals surface area contributed by atoms with Crippen molar-refractivity contribution in [3.05, 3.63) is 29.8 Å². The fraction of sp³-hybridized carbons (Fsp3) is 0.600. The third kappa shape index (κ3) is 2.26. The Labute approximate surface area is 118 Å². The third-order valence-electron chi connectivity index (χ3n) is 4.55. The number of nitrogens with two attached hydrogens (primary N) is 1. The van der Waals surface area contributed by atoms with Gasteiger partial charge < -0.3 is 15.2 Å². The monoisotopic (exact) mass is 279 g/mol. The lowest BCUT2D eigenvalue weighted by Crippen LogP contribution is -2.49. The Morgan fingerprint density at radius 3 is 2.74 bits per heavy atom. The zero-order chi connectivity index (χ0) is 13.3. The van der Waals surface area contributed by atoms with Gasteiger partial charge in [0.05, 0.1) is 6.61 Å². The molecule has 2 aliphatic heterocycles. The van der Waals surface area contributed by atoms with Crippen LogP contribution in [0.25, 0.3) is 0 Å². The van der Waals surface area contributed by atoms with Gasteiger partial charge in [-0.25, -0.2) is 0 Å². The number of thioether (sulfide) groups is 1. The molecule has 0 saturated carbocycles. The average molecular weight is 279 g/mol. The number of hydrogen-bond donors (Lipinski definition) is 1. The molecule has 0 aliphatic carbocycles. The molecule has 3 rings (SSSR count). The standard InChI is InChI=1S/C15H21NO2S/c1-19-15(6-8-17-9-7-15)12-10-18-13-5-3-2-4-11(13)14(12)16/h2-5,12,14H,6-10,16H2,1H3. The lowest BCUT2D eigenvalue weighted by molar-refractivity contribution is 0.0407. The van der Waals surface area contributed by atoms with Crippen molar-refractivity contribution in [3.63, 3.8) is 0 Å². The zero-order valence-corrected chi connectivity index (χ0v) is 12.1. The minimum Gasteiger partial charge on any atom is -0.493 e. The first kappa shape index (κ1) is 13.3. The molecule has 1 fully saturated rings. The molecule has 4 heteroatoms. The third-order valence-corrected chi connectivity index (χ3v) is 6.08. The number of para-hydroxylation sites is 1. The summed E-state index contributed by atoms with van der Waals surface area (Å²) >= 11 is 1.94. The number of rotatable bonds is 2. The van der Waals surface area contributed by atoms with E-state index in [1.165, 1.54) is 0 Å². The summed E-state index contributed by atoms with van der Waals surface area (Å²) in [4.78, 5) is 0. The summed E-state index contributed by atoms with van der Waals surface area (Å²) in [5.41, 5.74) is 7.70. The Morgan fingerprint density at radius 1 is 1.26 bits per heavy atom. The first-order chi connectivity index (χ1) is 9.27. The largest absolute Gasteiger partial charge is 0.493 e. The molecular weight excluding hydrogens is 258 g/mol. The smallest absolute Gasteiger partial charge is 0.124 e. The predicted molar refractivity (Wildman–Crippen MR) is 78.7 cm³/mol. The van der Waals surface area contributed by atoms with E-state index in [2.05, 4.69) is 12.3 Å². The summed E-state index contributed by atoms with van der Waals surface area (Å²) in [6.07, 6.45) is 4.33. The van der Waals surface area contributed by atoms with Crippen molar-refractivity contribution >= 4 is 11.8 Å². The molecule has 0 amide bonds. The molecule has 0 radical (unpaired) electrons. The minimum atomic E-state index is 0.0653. The van der Waals surface area contributed by atoms with Crippen LogP contribution in [0.3, 0.4) is 0 Å². The van der Waals surface area contributed by atoms with E-state index in [0.29, 0.717) is 5.92 Å². The maximum absolute atomic E-state index is 6.55. The van der Waals surface area contributed by atoms with Crippen LogP contribution in [0, 0.1) is 5.92 Å². The molecule has 0 bridgehead atoms. The summed E-state index contributed by atoms with van der Waals surface area (Å²) in [6.45, 7) is 2.40. The summed E-state index contributed by atoms with van der Waals surface area (Å²) in [5, 5.41) is 0. The Hall–Kier alpha value is -0.710. The summed E-state index contributed by atoms with van der Waals surface area (Å²) < 4.78 is 11.7. The van der Waals surface area contributed by atoms with Crippen LogP contribution in [0.1, 0.15) is 24.4 Å². The molecule has 2 N–H and O–H groups in total. The second kappa shape index (κ2) is 5.35. The van der Waals surface area contributed by atoms with E-state index in [-0.39, 0.29) is 10.8 Å². The first-order valence-corrected chi connectivity index (χ1v) is 8.09. The quantitative estimate of drug-likeness (QED) is 0.904. The van der Waals surface area contributed by atoms with E-state index in [1.807, 2.05) is 30.0 Å². The van der Waals surface area contributed by atoms with Crippen LogP contribution in [0.15, 0.2) is 24.3 Å². The summed E-state index contributed by atoms with van der Waals surface area (Å²) in [5.74, 6) is 1.32. The molecule has 2 aliphatic rings. The van der Waals surface area contributed by atoms with Crippen molar-refractivity contribution in [2.75, 3.05) is 26.1 Å². The SMILES string of the molecule is CSC1(C2COc3ccccc3C2N)CCOCC1. The van der Waals surface area contributed by atoms with Crippen molar-refractivity contribution in [1.82, 2.24) is 0 Å². The highest BCUT2D eigenvalue weighted by molar-refractivity contribution is 8.00. The number of fused-ring (bicyclic) bond motifs is 1. The van der Waals surface area contributed by atoms with Gasteiger partial charge in [-0.3, -0.25) is 0 Å². The van der Waals surface area contributed by atoms with Crippen molar-refractivity contribution in [2.24, 2.45) is 11.7 Å². The Bertz CT molecular complexity index is 446. The van der Waals surface area contributed by atoms with Gasteiger partial charge in [0.25, 0.3) is 0 Å². The van der Waals surface area contributed by atoms with Gasteiger partial charge in [0, 0.05) is 35.5 Å². The second-order valence-corrected chi connectivity index (χ2v) is 6.58. The molecular formula is C15H21NO2S. The Morgan fingerprint density at radius 2 is 2.00 bits per heavy atom. The molecule has 1 aromatic carbocycles. The summed E-state index contributed by atoms with van der Waals surface area (Å²) in [6, 6.07) is 8.22. The van der Waals surface area contributed by atoms with Crippen LogP contribution < -0.4 is 10.5 Å². The van der Waals surface area contributed by atoms with Crippen molar-refractivity contribution < 1.29 is 9.47 Å². The second-order valence-electron chi connectivity index (χ2n) is 5.36. The van der Waals surface area contributed by atoms with E-state index < -0.39 is 0 Å². The molecule has 19 heavy (non-hydrogen) atoms. The maximum atomic E-state index is 6.55. The molecule has 3 nitrogen and oxygen atoms in total. The van der Waals surface area contributed by atoms with Crippen LogP contribution >= 0.6 is 11.8 Å². The van der Waals surface area contributed by atoms with Crippen LogP contribution in [0.5, 0.6) is 5.75 Å². The van der Waals surface area contributed by atoms with Crippen LogP contribution in [-0.4, -0.2) is 30.8 Å². The highest BCUT2D eigenvalue weighted by Crippen LogP contribution is 2.48. The first-order valence-electron chi connectivity index (χ1n) is 6.87.